The monoisotopic (exact) mass is 428 g/mol. The second-order valence-electron chi connectivity index (χ2n) is 9.27. The predicted octanol–water partition coefficient (Wildman–Crippen LogP) is 3.49. The largest absolute Gasteiger partial charge is 0.370 e. The van der Waals surface area contributed by atoms with Crippen molar-refractivity contribution in [2.75, 3.05) is 19.7 Å². The Morgan fingerprint density at radius 1 is 1.47 bits per heavy atom. The summed E-state index contributed by atoms with van der Waals surface area (Å²) >= 11 is 2.00. The van der Waals surface area contributed by atoms with Crippen LogP contribution in [0.4, 0.5) is 0 Å². The van der Waals surface area contributed by atoms with E-state index in [1.807, 2.05) is 11.3 Å². The molecule has 2 aromatic rings. The zero-order chi connectivity index (χ0) is 20.7. The van der Waals surface area contributed by atoms with Crippen molar-refractivity contribution in [2.24, 2.45) is 5.92 Å². The first-order valence-corrected chi connectivity index (χ1v) is 12.2. The van der Waals surface area contributed by atoms with Gasteiger partial charge in [-0.15, -0.1) is 11.3 Å². The van der Waals surface area contributed by atoms with E-state index in [0.29, 0.717) is 23.7 Å². The minimum Gasteiger partial charge on any atom is -0.370 e. The van der Waals surface area contributed by atoms with E-state index in [9.17, 15) is 4.79 Å². The number of rotatable bonds is 5. The highest BCUT2D eigenvalue weighted by Gasteiger charge is 2.45. The number of hydrogen-bond acceptors (Lipinski definition) is 5. The number of carbonyl (C=O) groups excluding carboxylic acids is 1. The van der Waals surface area contributed by atoms with Gasteiger partial charge in [0.2, 0.25) is 0 Å². The molecule has 0 bridgehead atoms. The Morgan fingerprint density at radius 3 is 3.07 bits per heavy atom. The summed E-state index contributed by atoms with van der Waals surface area (Å²) in [5.74, 6) is 0.626. The second-order valence-corrected chi connectivity index (χ2v) is 10.5. The summed E-state index contributed by atoms with van der Waals surface area (Å²) < 4.78 is 6.48. The van der Waals surface area contributed by atoms with Crippen molar-refractivity contribution >= 4 is 17.2 Å². The second kappa shape index (κ2) is 8.09. The van der Waals surface area contributed by atoms with E-state index in [4.69, 9.17) is 4.74 Å². The molecule has 2 aliphatic heterocycles. The summed E-state index contributed by atoms with van der Waals surface area (Å²) in [4.78, 5) is 17.9. The molecule has 2 aromatic heterocycles. The number of piperidine rings is 1. The van der Waals surface area contributed by atoms with Gasteiger partial charge in [0.25, 0.3) is 5.91 Å². The smallest absolute Gasteiger partial charge is 0.269 e. The number of amides is 1. The quantitative estimate of drug-likeness (QED) is 0.765. The molecule has 3 aliphatic rings. The lowest BCUT2D eigenvalue weighted by Crippen LogP contribution is -2.54. The molecule has 30 heavy (non-hydrogen) atoms. The summed E-state index contributed by atoms with van der Waals surface area (Å²) in [6.07, 6.45) is 8.13. The Kier molecular flexibility index (Phi) is 5.45. The van der Waals surface area contributed by atoms with Crippen LogP contribution in [0.15, 0.2) is 18.3 Å². The molecule has 4 heterocycles. The van der Waals surface area contributed by atoms with Gasteiger partial charge < -0.3 is 15.0 Å². The molecule has 2 N–H and O–H groups in total. The van der Waals surface area contributed by atoms with Crippen LogP contribution in [0.2, 0.25) is 0 Å². The van der Waals surface area contributed by atoms with Crippen LogP contribution in [0.1, 0.15) is 65.3 Å². The highest BCUT2D eigenvalue weighted by Crippen LogP contribution is 2.46. The van der Waals surface area contributed by atoms with Crippen molar-refractivity contribution in [1.82, 2.24) is 20.4 Å². The van der Waals surface area contributed by atoms with Crippen molar-refractivity contribution in [3.63, 3.8) is 0 Å². The fraction of sp³-hybridized carbons (Fsp3) is 0.652. The number of nitrogens with one attached hydrogen (secondary N) is 2. The molecular formula is C23H32N4O2S. The lowest BCUT2D eigenvalue weighted by Gasteiger charge is -2.49. The van der Waals surface area contributed by atoms with Gasteiger partial charge in [-0.25, -0.2) is 0 Å². The molecule has 5 rings (SSSR count). The minimum absolute atomic E-state index is 0.0447. The van der Waals surface area contributed by atoms with Crippen LogP contribution >= 0.6 is 11.3 Å². The molecule has 0 radical (unpaired) electrons. The molecule has 1 aliphatic carbocycles. The highest BCUT2D eigenvalue weighted by atomic mass is 32.1. The van der Waals surface area contributed by atoms with Crippen LogP contribution < -0.4 is 5.32 Å². The van der Waals surface area contributed by atoms with Gasteiger partial charge in [0, 0.05) is 47.5 Å². The van der Waals surface area contributed by atoms with Crippen molar-refractivity contribution in [2.45, 2.75) is 70.1 Å². The lowest BCUT2D eigenvalue weighted by molar-refractivity contribution is -0.114. The maximum Gasteiger partial charge on any atom is 0.269 e. The molecule has 1 saturated carbocycles. The number of thiophene rings is 1. The zero-order valence-electron chi connectivity index (χ0n) is 17.9. The van der Waals surface area contributed by atoms with Crippen LogP contribution in [0, 0.1) is 5.92 Å². The first-order valence-electron chi connectivity index (χ1n) is 11.4. The Morgan fingerprint density at radius 2 is 2.33 bits per heavy atom. The summed E-state index contributed by atoms with van der Waals surface area (Å²) in [5.41, 5.74) is 1.97. The van der Waals surface area contributed by atoms with Crippen molar-refractivity contribution < 1.29 is 9.53 Å². The van der Waals surface area contributed by atoms with Gasteiger partial charge in [-0.3, -0.25) is 9.89 Å². The van der Waals surface area contributed by atoms with Crippen LogP contribution in [-0.2, 0) is 23.2 Å². The van der Waals surface area contributed by atoms with Crippen LogP contribution in [0.3, 0.4) is 0 Å². The number of aromatic amines is 1. The summed E-state index contributed by atoms with van der Waals surface area (Å²) in [6, 6.07) is 4.96. The van der Waals surface area contributed by atoms with E-state index in [2.05, 4.69) is 40.3 Å². The summed E-state index contributed by atoms with van der Waals surface area (Å²) in [6.45, 7) is 7.70. The van der Waals surface area contributed by atoms with Crippen molar-refractivity contribution in [1.29, 1.82) is 0 Å². The molecule has 2 fully saturated rings. The normalized spacial score (nSPS) is 31.3. The molecule has 2 atom stereocenters. The number of fused-ring (bicyclic) bond motifs is 2. The van der Waals surface area contributed by atoms with Crippen molar-refractivity contribution in [3.8, 4) is 0 Å². The summed E-state index contributed by atoms with van der Waals surface area (Å²) in [7, 11) is 0. The Bertz CT molecular complexity index is 889. The van der Waals surface area contributed by atoms with Gasteiger partial charge in [0.1, 0.15) is 5.69 Å². The third-order valence-electron chi connectivity index (χ3n) is 7.27. The average Bonchev–Trinajstić information content (AvgIpc) is 3.38. The summed E-state index contributed by atoms with van der Waals surface area (Å²) in [5, 5.41) is 9.70. The number of ether oxygens (including phenoxy) is 1. The fourth-order valence-corrected chi connectivity index (χ4v) is 6.70. The van der Waals surface area contributed by atoms with Gasteiger partial charge in [-0.05, 0) is 62.6 Å². The van der Waals surface area contributed by atoms with E-state index in [-0.39, 0.29) is 11.5 Å². The van der Waals surface area contributed by atoms with Gasteiger partial charge in [-0.2, -0.15) is 5.10 Å². The van der Waals surface area contributed by atoms with E-state index in [0.717, 1.165) is 58.2 Å². The van der Waals surface area contributed by atoms with Crippen LogP contribution in [-0.4, -0.2) is 52.8 Å². The maximum absolute atomic E-state index is 12.1. The van der Waals surface area contributed by atoms with Crippen molar-refractivity contribution in [3.05, 3.63) is 39.3 Å². The molecule has 7 heteroatoms. The zero-order valence-corrected chi connectivity index (χ0v) is 18.8. The number of carbonyl (C=O) groups is 1. The first-order chi connectivity index (χ1) is 14.6. The highest BCUT2D eigenvalue weighted by molar-refractivity contribution is 7.12. The predicted molar refractivity (Wildman–Crippen MR) is 118 cm³/mol. The third-order valence-corrected chi connectivity index (χ3v) is 8.61. The molecule has 1 spiro atoms. The van der Waals surface area contributed by atoms with E-state index in [1.165, 1.54) is 10.4 Å². The minimum atomic E-state index is -0.0619. The fourth-order valence-electron chi connectivity index (χ4n) is 5.53. The maximum atomic E-state index is 12.1. The Hall–Kier alpha value is -1.70. The number of aromatic nitrogens is 2. The van der Waals surface area contributed by atoms with Gasteiger partial charge in [-0.1, -0.05) is 6.92 Å². The molecular weight excluding hydrogens is 396 g/mol. The topological polar surface area (TPSA) is 70.2 Å². The molecule has 0 aromatic carbocycles. The number of H-pyrrole nitrogens is 1. The SMILES string of the molecule is CCc1cc2c(s1)CCOC21CCN(CC2CC(NC(=O)c3ccn[nH]3)C2)[C@@H](C)C1. The van der Waals surface area contributed by atoms with Gasteiger partial charge >= 0.3 is 0 Å². The number of hydrogen-bond donors (Lipinski definition) is 2. The molecule has 1 saturated heterocycles. The number of likely N-dealkylation sites (tertiary alicyclic amines) is 1. The lowest BCUT2D eigenvalue weighted by atomic mass is 9.76. The van der Waals surface area contributed by atoms with Crippen LogP contribution in [0.5, 0.6) is 0 Å². The average molecular weight is 429 g/mol. The molecule has 162 valence electrons. The molecule has 1 amide bonds. The van der Waals surface area contributed by atoms with E-state index < -0.39 is 0 Å². The Balaban J connectivity index is 1.15. The standard InChI is InChI=1S/C23H32N4O2S/c1-3-18-12-19-21(30-18)5-9-29-23(19)6-8-27(15(2)13-23)14-16-10-17(11-16)25-22(28)20-4-7-24-26-20/h4,7,12,15-17H,3,5-6,8-11,13-14H2,1-2H3,(H,24,26)(H,25,28)/t15-,16?,17?,23?/m0/s1. The first kappa shape index (κ1) is 20.2. The molecule has 6 nitrogen and oxygen atoms in total. The van der Waals surface area contributed by atoms with E-state index >= 15 is 0 Å². The third kappa shape index (κ3) is 3.72. The Labute approximate surface area is 182 Å². The van der Waals surface area contributed by atoms with Gasteiger partial charge in [0.15, 0.2) is 0 Å². The molecule has 1 unspecified atom stereocenters. The number of nitrogens with zero attached hydrogens (tertiary/aromatic N) is 2. The van der Waals surface area contributed by atoms with E-state index in [1.54, 1.807) is 17.1 Å². The number of aryl methyl sites for hydroxylation is 1. The van der Waals surface area contributed by atoms with Gasteiger partial charge in [0.05, 0.1) is 12.2 Å². The van der Waals surface area contributed by atoms with Crippen LogP contribution in [0.25, 0.3) is 0 Å².